The van der Waals surface area contributed by atoms with Crippen LogP contribution in [0, 0.1) is 0 Å². The van der Waals surface area contributed by atoms with E-state index in [1.165, 1.54) is 11.8 Å². The molecule has 0 unspecified atom stereocenters. The van der Waals surface area contributed by atoms with E-state index in [1.807, 2.05) is 0 Å². The molecule has 0 spiro atoms. The van der Waals surface area contributed by atoms with Crippen LogP contribution >= 0.6 is 11.8 Å². The van der Waals surface area contributed by atoms with Crippen LogP contribution in [0.1, 0.15) is 0 Å². The van der Waals surface area contributed by atoms with Gasteiger partial charge in [-0.1, -0.05) is 0 Å². The minimum Gasteiger partial charge on any atom is -0.394 e. The van der Waals surface area contributed by atoms with Crippen molar-refractivity contribution in [3.8, 4) is 0 Å². The molecule has 466 valence electrons. The highest BCUT2D eigenvalue weighted by Gasteiger charge is 2.61. The zero-order valence-corrected chi connectivity index (χ0v) is 42.9. The van der Waals surface area contributed by atoms with Crippen LogP contribution in [0.5, 0.6) is 0 Å². The molecule has 0 aromatic heterocycles. The Balaban J connectivity index is 0.852. The Kier molecular flexibility index (Phi) is 22.9. The second kappa shape index (κ2) is 28.2. The molecule has 0 aromatic rings. The second-order valence-corrected chi connectivity index (χ2v) is 21.6. The summed E-state index contributed by atoms with van der Waals surface area (Å²) in [5.74, 6) is 0. The number of fused-ring (bicyclic) bond motifs is 1. The van der Waals surface area contributed by atoms with Crippen LogP contribution in [-0.4, -0.2) is 380 Å². The van der Waals surface area contributed by atoms with E-state index in [0.717, 1.165) is 0 Å². The lowest BCUT2D eigenvalue weighted by molar-refractivity contribution is -0.396. The summed E-state index contributed by atoms with van der Waals surface area (Å²) >= 11 is 1.38. The molecule has 0 amide bonds. The Morgan fingerprint density at radius 1 is 0.250 bits per heavy atom. The van der Waals surface area contributed by atoms with Crippen molar-refractivity contribution in [1.82, 2.24) is 0 Å². The van der Waals surface area contributed by atoms with E-state index < -0.39 is 249 Å². The number of thioether (sulfide) groups is 1. The first-order valence-electron chi connectivity index (χ1n) is 25.7. The van der Waals surface area contributed by atoms with E-state index in [0.29, 0.717) is 0 Å². The van der Waals surface area contributed by atoms with Crippen LogP contribution in [0.2, 0.25) is 0 Å². The molecule has 0 aromatic carbocycles. The van der Waals surface area contributed by atoms with Crippen molar-refractivity contribution in [3.63, 3.8) is 0 Å². The maximum absolute atomic E-state index is 11.4. The lowest BCUT2D eigenvalue weighted by Crippen LogP contribution is -2.68. The van der Waals surface area contributed by atoms with Gasteiger partial charge in [0.25, 0.3) is 0 Å². The third-order valence-electron chi connectivity index (χ3n) is 15.1. The van der Waals surface area contributed by atoms with E-state index in [4.69, 9.17) is 71.4 Å². The van der Waals surface area contributed by atoms with Gasteiger partial charge in [-0.3, -0.25) is 0 Å². The molecule has 0 aliphatic carbocycles. The number of rotatable bonds is 22. The molecule has 8 aliphatic rings. The van der Waals surface area contributed by atoms with Crippen LogP contribution in [0.4, 0.5) is 0 Å². The first-order chi connectivity index (χ1) is 38.2. The number of ether oxygens (including phenoxy) is 14. The predicted molar refractivity (Wildman–Crippen MR) is 246 cm³/mol. The Labute approximate surface area is 457 Å². The monoisotopic (exact) mass is 1190 g/mol. The van der Waals surface area contributed by atoms with Crippen molar-refractivity contribution in [2.24, 2.45) is 0 Å². The van der Waals surface area contributed by atoms with Gasteiger partial charge >= 0.3 is 0 Å². The van der Waals surface area contributed by atoms with Gasteiger partial charge in [0.15, 0.2) is 44.0 Å². The minimum atomic E-state index is -2.20. The molecule has 0 saturated carbocycles. The van der Waals surface area contributed by atoms with Crippen LogP contribution in [0.15, 0.2) is 0 Å². The third-order valence-corrected chi connectivity index (χ3v) is 16.5. The maximum atomic E-state index is 11.4. The maximum Gasteiger partial charge on any atom is 0.187 e. The van der Waals surface area contributed by atoms with Gasteiger partial charge in [-0.15, -0.1) is 11.8 Å². The molecule has 35 nitrogen and oxygen atoms in total. The number of aliphatic hydroxyl groups is 21. The average Bonchev–Trinajstić information content (AvgIpc) is 4.29. The molecule has 0 bridgehead atoms. The molecular weight excluding hydrogens is 1120 g/mol. The molecule has 35 atom stereocenters. The lowest BCUT2D eigenvalue weighted by atomic mass is 9.95. The molecule has 8 saturated heterocycles. The summed E-state index contributed by atoms with van der Waals surface area (Å²) in [6, 6.07) is 0. The van der Waals surface area contributed by atoms with E-state index in [1.54, 1.807) is 0 Å². The highest BCUT2D eigenvalue weighted by Crippen LogP contribution is 2.53. The number of aliphatic hydroxyl groups excluding tert-OH is 21. The largest absolute Gasteiger partial charge is 0.394 e. The fraction of sp³-hybridized carbons (Fsp3) is 1.00. The summed E-state index contributed by atoms with van der Waals surface area (Å²) in [6.45, 7) is -6.62. The van der Waals surface area contributed by atoms with Crippen molar-refractivity contribution < 1.29 is 174 Å². The molecule has 80 heavy (non-hydrogen) atoms. The van der Waals surface area contributed by atoms with Gasteiger partial charge in [0, 0.05) is 0 Å². The van der Waals surface area contributed by atoms with Gasteiger partial charge in [0.05, 0.1) is 70.0 Å². The first kappa shape index (κ1) is 64.9. The zero-order valence-electron chi connectivity index (χ0n) is 42.1. The quantitative estimate of drug-likeness (QED) is 0.0448. The standard InChI is InChI=1S/C44H74O35S/c45-1-2-66-44-37-36(80-37)35(16(9-52)73-44)79-43-29(65)23(59)34(15(8-51)72-43)78-42-28(64)22(58)33(14(7-50)71-42)77-41-27(63)21(57)32(13(6-49)70-41)76-40-26(62)20(56)31(12(5-48)69-40)75-39-25(61)19(55)30(11(4-47)68-39)74-38-24(60)18(54)17(53)10(3-46)67-38/h10-65H,1-9H2/t10-,11-,12-,13-,14-,15-,16-,17-,18-,19-,20-,21-,22-,23-,24+,25-,26-,27-,28-,29-,30-,31-,32-,33-,34-,35-,36-,37-,38-,39-,40-,41-,42-,43-,44-/m1/s1. The summed E-state index contributed by atoms with van der Waals surface area (Å²) in [6.07, 6.45) is -59.6. The van der Waals surface area contributed by atoms with Gasteiger partial charge in [-0.05, 0) is 0 Å². The Morgan fingerprint density at radius 3 is 0.762 bits per heavy atom. The Bertz CT molecular complexity index is 1880. The van der Waals surface area contributed by atoms with E-state index >= 15 is 0 Å². The van der Waals surface area contributed by atoms with Crippen molar-refractivity contribution in [2.45, 2.75) is 213 Å². The Morgan fingerprint density at radius 2 is 0.487 bits per heavy atom. The normalized spacial score (nSPS) is 52.8. The molecule has 36 heteroatoms. The van der Waals surface area contributed by atoms with Gasteiger partial charge in [-0.25, -0.2) is 0 Å². The van der Waals surface area contributed by atoms with Crippen LogP contribution in [0.3, 0.4) is 0 Å². The summed E-state index contributed by atoms with van der Waals surface area (Å²) < 4.78 is 79.3. The van der Waals surface area contributed by atoms with Gasteiger partial charge in [-0.2, -0.15) is 0 Å². The van der Waals surface area contributed by atoms with Gasteiger partial charge in [0.1, 0.15) is 159 Å². The molecule has 0 radical (unpaired) electrons. The van der Waals surface area contributed by atoms with E-state index in [-0.39, 0.29) is 23.7 Å². The van der Waals surface area contributed by atoms with Crippen LogP contribution in [0.25, 0.3) is 0 Å². The Hall–Kier alpha value is -1.05. The van der Waals surface area contributed by atoms with E-state index in [9.17, 15) is 102 Å². The molecule has 8 heterocycles. The SMILES string of the molecule is OCCO[C@@H]1O[C@H](CO)[C@@H](O[C@H]2O[C@H](CO)[C@@H](O[C@H]3O[C@H](CO)[C@@H](O[C@H]4O[C@H](CO)[C@@H](O[C@H]5O[C@H](CO)[C@@H](O[C@H]6O[C@H](CO)[C@@H](O[C@H]7O[C@H](CO)[C@@H](O)[C@@H](O)[C@@H]7O)[C@H](O)[C@H]6O)[C@H](O)[C@H]5O)[C@H](O)[C@H]4O)[C@H](O)[C@H]3O)[C@H](O)[C@H]2O)[C@H]2S[C@@H]12. The predicted octanol–water partition coefficient (Wildman–Crippen LogP) is -14.5. The smallest absolute Gasteiger partial charge is 0.187 e. The topological polar surface area (TPSA) is 554 Å². The second-order valence-electron chi connectivity index (χ2n) is 20.2. The van der Waals surface area contributed by atoms with Crippen LogP contribution in [-0.2, 0) is 66.3 Å². The first-order valence-corrected chi connectivity index (χ1v) is 26.6. The van der Waals surface area contributed by atoms with E-state index in [2.05, 4.69) is 0 Å². The summed E-state index contributed by atoms with van der Waals surface area (Å²) in [5, 5.41) is 223. The fourth-order valence-corrected chi connectivity index (χ4v) is 11.8. The molecule has 21 N–H and O–H groups in total. The summed E-state index contributed by atoms with van der Waals surface area (Å²) in [4.78, 5) is 0. The fourth-order valence-electron chi connectivity index (χ4n) is 10.5. The van der Waals surface area contributed by atoms with Crippen molar-refractivity contribution in [1.29, 1.82) is 0 Å². The molecule has 8 aliphatic heterocycles. The minimum absolute atomic E-state index is 0.0283. The molecule has 8 fully saturated rings. The lowest BCUT2D eigenvalue weighted by Gasteiger charge is -2.50. The third kappa shape index (κ3) is 13.3. The van der Waals surface area contributed by atoms with Gasteiger partial charge < -0.3 is 174 Å². The average molecular weight is 1200 g/mol. The zero-order chi connectivity index (χ0) is 58.2. The molecule has 8 rings (SSSR count). The van der Waals surface area contributed by atoms with Crippen molar-refractivity contribution in [2.75, 3.05) is 59.5 Å². The highest BCUT2D eigenvalue weighted by molar-refractivity contribution is 8.07. The number of hydrogen-bond donors (Lipinski definition) is 21. The summed E-state index contributed by atoms with van der Waals surface area (Å²) in [5.41, 5.74) is 0. The number of hydrogen-bond acceptors (Lipinski definition) is 36. The molecular formula is C44H74O35S. The highest BCUT2D eigenvalue weighted by atomic mass is 32.2. The van der Waals surface area contributed by atoms with Crippen molar-refractivity contribution in [3.05, 3.63) is 0 Å². The van der Waals surface area contributed by atoms with Crippen molar-refractivity contribution >= 4 is 11.8 Å². The van der Waals surface area contributed by atoms with Gasteiger partial charge in [0.2, 0.25) is 0 Å². The van der Waals surface area contributed by atoms with Crippen LogP contribution < -0.4 is 0 Å². The summed E-state index contributed by atoms with van der Waals surface area (Å²) in [7, 11) is 0.